The van der Waals surface area contributed by atoms with Gasteiger partial charge in [0.15, 0.2) is 0 Å². The molecule has 2 aliphatic carbocycles. The SMILES string of the molecule is CCCC(N)C(=O)N(C1CCC(CC)CC1)C1CC1. The zero-order chi connectivity index (χ0) is 13.8. The molecule has 1 atom stereocenters. The summed E-state index contributed by atoms with van der Waals surface area (Å²) in [5.41, 5.74) is 6.06. The van der Waals surface area contributed by atoms with Crippen molar-refractivity contribution in [1.29, 1.82) is 0 Å². The van der Waals surface area contributed by atoms with Crippen LogP contribution in [0.3, 0.4) is 0 Å². The van der Waals surface area contributed by atoms with Crippen LogP contribution in [-0.2, 0) is 4.79 Å². The maximum atomic E-state index is 12.6. The molecule has 0 heterocycles. The second-order valence-corrected chi connectivity index (χ2v) is 6.45. The summed E-state index contributed by atoms with van der Waals surface area (Å²) >= 11 is 0. The molecule has 0 spiro atoms. The molecule has 0 aromatic rings. The van der Waals surface area contributed by atoms with E-state index in [0.717, 1.165) is 18.8 Å². The summed E-state index contributed by atoms with van der Waals surface area (Å²) in [6, 6.07) is 0.721. The van der Waals surface area contributed by atoms with E-state index in [0.29, 0.717) is 12.1 Å². The molecule has 0 radical (unpaired) electrons. The molecular formula is C16H30N2O. The molecule has 0 aromatic carbocycles. The Bertz CT molecular complexity index is 293. The van der Waals surface area contributed by atoms with E-state index in [1.54, 1.807) is 0 Å². The zero-order valence-electron chi connectivity index (χ0n) is 12.6. The van der Waals surface area contributed by atoms with Crippen molar-refractivity contribution in [3.8, 4) is 0 Å². The highest BCUT2D eigenvalue weighted by molar-refractivity contribution is 5.82. The van der Waals surface area contributed by atoms with Crippen molar-refractivity contribution in [1.82, 2.24) is 4.90 Å². The lowest BCUT2D eigenvalue weighted by Crippen LogP contribution is -2.50. The highest BCUT2D eigenvalue weighted by Gasteiger charge is 2.39. The number of carbonyl (C=O) groups excluding carboxylic acids is 1. The van der Waals surface area contributed by atoms with Gasteiger partial charge in [0.25, 0.3) is 0 Å². The quantitative estimate of drug-likeness (QED) is 0.803. The summed E-state index contributed by atoms with van der Waals surface area (Å²) in [7, 11) is 0. The van der Waals surface area contributed by atoms with E-state index >= 15 is 0 Å². The van der Waals surface area contributed by atoms with Crippen LogP contribution in [0.1, 0.15) is 71.6 Å². The van der Waals surface area contributed by atoms with E-state index in [1.165, 1.54) is 44.9 Å². The van der Waals surface area contributed by atoms with Crippen molar-refractivity contribution in [3.05, 3.63) is 0 Å². The Morgan fingerprint density at radius 3 is 2.05 bits per heavy atom. The van der Waals surface area contributed by atoms with Gasteiger partial charge in [-0.1, -0.05) is 26.7 Å². The number of rotatable bonds is 6. The average molecular weight is 266 g/mol. The standard InChI is InChI=1S/C16H30N2O/c1-3-5-15(17)16(19)18(14-10-11-14)13-8-6-12(4-2)7-9-13/h12-15H,3-11,17H2,1-2H3. The number of hydrogen-bond donors (Lipinski definition) is 1. The third kappa shape index (κ3) is 3.71. The molecule has 3 nitrogen and oxygen atoms in total. The van der Waals surface area contributed by atoms with Gasteiger partial charge in [-0.25, -0.2) is 0 Å². The lowest BCUT2D eigenvalue weighted by Gasteiger charge is -2.38. The normalized spacial score (nSPS) is 29.0. The molecule has 110 valence electrons. The van der Waals surface area contributed by atoms with Crippen molar-refractivity contribution in [2.24, 2.45) is 11.7 Å². The van der Waals surface area contributed by atoms with Gasteiger partial charge < -0.3 is 10.6 Å². The van der Waals surface area contributed by atoms with Crippen LogP contribution >= 0.6 is 0 Å². The van der Waals surface area contributed by atoms with Gasteiger partial charge in [0.05, 0.1) is 6.04 Å². The van der Waals surface area contributed by atoms with Crippen molar-refractivity contribution >= 4 is 5.91 Å². The van der Waals surface area contributed by atoms with Crippen LogP contribution in [-0.4, -0.2) is 28.9 Å². The summed E-state index contributed by atoms with van der Waals surface area (Å²) in [5, 5.41) is 0. The van der Waals surface area contributed by atoms with Crippen LogP contribution in [0.25, 0.3) is 0 Å². The van der Waals surface area contributed by atoms with E-state index in [2.05, 4.69) is 18.7 Å². The van der Waals surface area contributed by atoms with Gasteiger partial charge in [-0.05, 0) is 50.9 Å². The molecule has 0 bridgehead atoms. The third-order valence-corrected chi connectivity index (χ3v) is 4.90. The molecular weight excluding hydrogens is 236 g/mol. The maximum absolute atomic E-state index is 12.6. The fourth-order valence-corrected chi connectivity index (χ4v) is 3.47. The minimum atomic E-state index is -0.269. The lowest BCUT2D eigenvalue weighted by atomic mass is 9.83. The third-order valence-electron chi connectivity index (χ3n) is 4.90. The minimum Gasteiger partial charge on any atom is -0.335 e. The Balaban J connectivity index is 1.94. The van der Waals surface area contributed by atoms with Gasteiger partial charge >= 0.3 is 0 Å². The molecule has 1 amide bonds. The smallest absolute Gasteiger partial charge is 0.239 e. The molecule has 0 aromatic heterocycles. The number of nitrogens with zero attached hydrogens (tertiary/aromatic N) is 1. The van der Waals surface area contributed by atoms with E-state index in [1.807, 2.05) is 0 Å². The van der Waals surface area contributed by atoms with Crippen LogP contribution in [0.4, 0.5) is 0 Å². The summed E-state index contributed by atoms with van der Waals surface area (Å²) in [4.78, 5) is 14.8. The molecule has 2 fully saturated rings. The monoisotopic (exact) mass is 266 g/mol. The molecule has 2 rings (SSSR count). The number of amides is 1. The van der Waals surface area contributed by atoms with Crippen molar-refractivity contribution < 1.29 is 4.79 Å². The topological polar surface area (TPSA) is 46.3 Å². The highest BCUT2D eigenvalue weighted by Crippen LogP contribution is 2.36. The first-order valence-corrected chi connectivity index (χ1v) is 8.25. The van der Waals surface area contributed by atoms with Crippen LogP contribution < -0.4 is 5.73 Å². The average Bonchev–Trinajstić information content (AvgIpc) is 3.24. The molecule has 19 heavy (non-hydrogen) atoms. The number of carbonyl (C=O) groups is 1. The Morgan fingerprint density at radius 1 is 1.11 bits per heavy atom. The molecule has 3 heteroatoms. The Kier molecular flexibility index (Phi) is 5.26. The summed E-state index contributed by atoms with van der Waals surface area (Å²) < 4.78 is 0. The molecule has 2 saturated carbocycles. The van der Waals surface area contributed by atoms with Crippen LogP contribution in [0.15, 0.2) is 0 Å². The first-order valence-electron chi connectivity index (χ1n) is 8.25. The first-order chi connectivity index (χ1) is 9.17. The summed E-state index contributed by atoms with van der Waals surface area (Å²) in [5.74, 6) is 1.11. The maximum Gasteiger partial charge on any atom is 0.239 e. The molecule has 2 N–H and O–H groups in total. The van der Waals surface area contributed by atoms with Crippen LogP contribution in [0, 0.1) is 5.92 Å². The van der Waals surface area contributed by atoms with Gasteiger partial charge in [-0.3, -0.25) is 4.79 Å². The van der Waals surface area contributed by atoms with Gasteiger partial charge in [-0.15, -0.1) is 0 Å². The van der Waals surface area contributed by atoms with Crippen molar-refractivity contribution in [2.45, 2.75) is 89.8 Å². The highest BCUT2D eigenvalue weighted by atomic mass is 16.2. The molecule has 0 saturated heterocycles. The second kappa shape index (κ2) is 6.74. The fraction of sp³-hybridized carbons (Fsp3) is 0.938. The second-order valence-electron chi connectivity index (χ2n) is 6.45. The first kappa shape index (κ1) is 14.8. The molecule has 0 aliphatic heterocycles. The van der Waals surface area contributed by atoms with E-state index < -0.39 is 0 Å². The van der Waals surface area contributed by atoms with Crippen LogP contribution in [0.5, 0.6) is 0 Å². The minimum absolute atomic E-state index is 0.226. The summed E-state index contributed by atoms with van der Waals surface area (Å²) in [6.45, 7) is 4.38. The summed E-state index contributed by atoms with van der Waals surface area (Å²) in [6.07, 6.45) is 10.5. The van der Waals surface area contributed by atoms with Crippen LogP contribution in [0.2, 0.25) is 0 Å². The van der Waals surface area contributed by atoms with E-state index in [-0.39, 0.29) is 11.9 Å². The van der Waals surface area contributed by atoms with Crippen molar-refractivity contribution in [3.63, 3.8) is 0 Å². The number of hydrogen-bond acceptors (Lipinski definition) is 2. The molecule has 2 aliphatic rings. The van der Waals surface area contributed by atoms with E-state index in [9.17, 15) is 4.79 Å². The lowest BCUT2D eigenvalue weighted by molar-refractivity contribution is -0.136. The predicted molar refractivity (Wildman–Crippen MR) is 78.8 cm³/mol. The Hall–Kier alpha value is -0.570. The van der Waals surface area contributed by atoms with Gasteiger partial charge in [0, 0.05) is 12.1 Å². The Morgan fingerprint density at radius 2 is 1.63 bits per heavy atom. The predicted octanol–water partition coefficient (Wildman–Crippen LogP) is 3.07. The van der Waals surface area contributed by atoms with Gasteiger partial charge in [0.2, 0.25) is 5.91 Å². The van der Waals surface area contributed by atoms with Gasteiger partial charge in [0.1, 0.15) is 0 Å². The van der Waals surface area contributed by atoms with Gasteiger partial charge in [-0.2, -0.15) is 0 Å². The largest absolute Gasteiger partial charge is 0.335 e. The molecule has 1 unspecified atom stereocenters. The van der Waals surface area contributed by atoms with Crippen molar-refractivity contribution in [2.75, 3.05) is 0 Å². The zero-order valence-corrected chi connectivity index (χ0v) is 12.6. The Labute approximate surface area is 117 Å². The number of nitrogens with two attached hydrogens (primary N) is 1. The fourth-order valence-electron chi connectivity index (χ4n) is 3.47. The van der Waals surface area contributed by atoms with E-state index in [4.69, 9.17) is 5.73 Å².